The molecule has 0 atom stereocenters. The number of hydrogen-bond donors (Lipinski definition) is 2. The summed E-state index contributed by atoms with van der Waals surface area (Å²) in [4.78, 5) is 5.87. The number of para-hydroxylation sites is 1. The molecule has 0 spiro atoms. The molecular weight excluding hydrogens is 311 g/mol. The van der Waals surface area contributed by atoms with Crippen LogP contribution in [0.15, 0.2) is 35.5 Å². The summed E-state index contributed by atoms with van der Waals surface area (Å²) in [6.45, 7) is 5.63. The van der Waals surface area contributed by atoms with Gasteiger partial charge in [-0.05, 0) is 26.8 Å². The maximum atomic E-state index is 13.3. The fraction of sp³-hybridized carbons (Fsp3) is 0.412. The van der Waals surface area contributed by atoms with E-state index in [0.29, 0.717) is 23.6 Å². The average Bonchev–Trinajstić information content (AvgIpc) is 2.52. The topological polar surface area (TPSA) is 84.0 Å². The molecule has 1 aromatic carbocycles. The summed E-state index contributed by atoms with van der Waals surface area (Å²) in [5.41, 5.74) is 6.13. The highest BCUT2D eigenvalue weighted by Gasteiger charge is 2.25. The lowest BCUT2D eigenvalue weighted by molar-refractivity contribution is 0.0897. The first kappa shape index (κ1) is 18.1. The van der Waals surface area contributed by atoms with Crippen molar-refractivity contribution >= 4 is 28.2 Å². The number of aliphatic hydroxyl groups is 1. The van der Waals surface area contributed by atoms with E-state index in [1.807, 2.05) is 31.2 Å². The van der Waals surface area contributed by atoms with Crippen molar-refractivity contribution in [3.05, 3.63) is 30.3 Å². The molecule has 24 heavy (non-hydrogen) atoms. The Morgan fingerprint density at radius 3 is 2.75 bits per heavy atom. The van der Waals surface area contributed by atoms with E-state index < -0.39 is 5.60 Å². The molecule has 0 bridgehead atoms. The Balaban J connectivity index is 2.58. The SMILES string of the molecule is CCOC/C(=N/F)N(CC(C)(C)O)c1cc(N)nc2ccccc12. The van der Waals surface area contributed by atoms with Crippen molar-refractivity contribution in [2.45, 2.75) is 26.4 Å². The third-order valence-corrected chi connectivity index (χ3v) is 3.39. The van der Waals surface area contributed by atoms with Crippen molar-refractivity contribution in [3.8, 4) is 0 Å². The van der Waals surface area contributed by atoms with Crippen molar-refractivity contribution in [2.24, 2.45) is 5.21 Å². The number of anilines is 2. The molecule has 1 aromatic heterocycles. The first-order chi connectivity index (χ1) is 11.4. The van der Waals surface area contributed by atoms with Crippen molar-refractivity contribution in [1.82, 2.24) is 4.98 Å². The molecule has 0 aliphatic rings. The third-order valence-electron chi connectivity index (χ3n) is 3.39. The molecule has 1 heterocycles. The molecule has 0 amide bonds. The number of fused-ring (bicyclic) bond motifs is 1. The lowest BCUT2D eigenvalue weighted by Gasteiger charge is -2.31. The van der Waals surface area contributed by atoms with Gasteiger partial charge in [-0.1, -0.05) is 27.9 Å². The van der Waals surface area contributed by atoms with E-state index in [9.17, 15) is 9.59 Å². The number of hydrogen-bond acceptors (Lipinski definition) is 5. The second kappa shape index (κ2) is 7.55. The van der Waals surface area contributed by atoms with Crippen molar-refractivity contribution in [3.63, 3.8) is 0 Å². The van der Waals surface area contributed by atoms with Crippen LogP contribution in [0.1, 0.15) is 20.8 Å². The predicted octanol–water partition coefficient (Wildman–Crippen LogP) is 2.71. The fourth-order valence-electron chi connectivity index (χ4n) is 2.44. The van der Waals surface area contributed by atoms with Gasteiger partial charge in [0.05, 0.1) is 23.3 Å². The van der Waals surface area contributed by atoms with E-state index in [1.54, 1.807) is 24.8 Å². The van der Waals surface area contributed by atoms with Gasteiger partial charge in [0, 0.05) is 18.1 Å². The molecule has 2 aromatic rings. The summed E-state index contributed by atoms with van der Waals surface area (Å²) < 4.78 is 18.6. The zero-order chi connectivity index (χ0) is 17.7. The van der Waals surface area contributed by atoms with E-state index >= 15 is 0 Å². The fourth-order valence-corrected chi connectivity index (χ4v) is 2.44. The van der Waals surface area contributed by atoms with E-state index in [2.05, 4.69) is 10.2 Å². The van der Waals surface area contributed by atoms with Crippen LogP contribution < -0.4 is 10.6 Å². The van der Waals surface area contributed by atoms with Crippen LogP contribution in [0.3, 0.4) is 0 Å². The summed E-state index contributed by atoms with van der Waals surface area (Å²) >= 11 is 0. The lowest BCUT2D eigenvalue weighted by Crippen LogP contribution is -2.44. The molecule has 0 aliphatic carbocycles. The van der Waals surface area contributed by atoms with Gasteiger partial charge in [-0.3, -0.25) is 0 Å². The van der Waals surface area contributed by atoms with Gasteiger partial charge in [-0.15, -0.1) is 0 Å². The summed E-state index contributed by atoms with van der Waals surface area (Å²) in [6.07, 6.45) is 0. The van der Waals surface area contributed by atoms with E-state index in [4.69, 9.17) is 10.5 Å². The number of nitrogens with zero attached hydrogens (tertiary/aromatic N) is 3. The monoisotopic (exact) mass is 334 g/mol. The normalized spacial score (nSPS) is 12.6. The first-order valence-corrected chi connectivity index (χ1v) is 7.76. The molecule has 0 saturated carbocycles. The summed E-state index contributed by atoms with van der Waals surface area (Å²) in [5.74, 6) is 0.369. The second-order valence-electron chi connectivity index (χ2n) is 6.12. The van der Waals surface area contributed by atoms with E-state index in [-0.39, 0.29) is 19.0 Å². The Morgan fingerprint density at radius 1 is 1.42 bits per heavy atom. The van der Waals surface area contributed by atoms with Gasteiger partial charge in [0.2, 0.25) is 0 Å². The molecule has 3 N–H and O–H groups in total. The molecule has 6 nitrogen and oxygen atoms in total. The molecule has 0 fully saturated rings. The van der Waals surface area contributed by atoms with Crippen LogP contribution in [0.25, 0.3) is 10.9 Å². The lowest BCUT2D eigenvalue weighted by atomic mass is 10.1. The van der Waals surface area contributed by atoms with Crippen LogP contribution in [-0.4, -0.2) is 41.3 Å². The van der Waals surface area contributed by atoms with Gasteiger partial charge < -0.3 is 20.5 Å². The molecule has 0 aliphatic heterocycles. The number of nitrogens with two attached hydrogens (primary N) is 1. The van der Waals surface area contributed by atoms with Crippen molar-refractivity contribution in [2.75, 3.05) is 30.4 Å². The van der Waals surface area contributed by atoms with Gasteiger partial charge in [-0.25, -0.2) is 4.98 Å². The number of pyridine rings is 1. The maximum absolute atomic E-state index is 13.3. The Kier molecular flexibility index (Phi) is 5.69. The first-order valence-electron chi connectivity index (χ1n) is 7.76. The minimum atomic E-state index is -1.08. The average molecular weight is 334 g/mol. The highest BCUT2D eigenvalue weighted by Crippen LogP contribution is 2.29. The van der Waals surface area contributed by atoms with Gasteiger partial charge in [0.25, 0.3) is 0 Å². The molecule has 7 heteroatoms. The van der Waals surface area contributed by atoms with Crippen LogP contribution in [0.5, 0.6) is 0 Å². The number of rotatable bonds is 6. The molecule has 0 unspecified atom stereocenters. The van der Waals surface area contributed by atoms with Crippen LogP contribution in [0.4, 0.5) is 16.0 Å². The largest absolute Gasteiger partial charge is 0.389 e. The highest BCUT2D eigenvalue weighted by atomic mass is 19.2. The minimum Gasteiger partial charge on any atom is -0.389 e. The minimum absolute atomic E-state index is 0.0143. The Labute approximate surface area is 140 Å². The number of benzene rings is 1. The number of aromatic nitrogens is 1. The molecule has 130 valence electrons. The Bertz CT molecular complexity index is 728. The molecule has 0 radical (unpaired) electrons. The maximum Gasteiger partial charge on any atom is 0.168 e. The van der Waals surface area contributed by atoms with Crippen molar-refractivity contribution in [1.29, 1.82) is 0 Å². The zero-order valence-corrected chi connectivity index (χ0v) is 14.2. The van der Waals surface area contributed by atoms with Gasteiger partial charge in [0.1, 0.15) is 12.4 Å². The van der Waals surface area contributed by atoms with Gasteiger partial charge >= 0.3 is 0 Å². The highest BCUT2D eigenvalue weighted by molar-refractivity contribution is 6.06. The smallest absolute Gasteiger partial charge is 0.168 e. The van der Waals surface area contributed by atoms with Crippen LogP contribution in [0, 0.1) is 0 Å². The quantitative estimate of drug-likeness (QED) is 0.627. The zero-order valence-electron chi connectivity index (χ0n) is 14.2. The van der Waals surface area contributed by atoms with Crippen LogP contribution in [0.2, 0.25) is 0 Å². The third kappa shape index (κ3) is 4.39. The number of halogens is 1. The Morgan fingerprint density at radius 2 is 2.12 bits per heavy atom. The van der Waals surface area contributed by atoms with Gasteiger partial charge in [-0.2, -0.15) is 0 Å². The molecule has 0 saturated heterocycles. The number of ether oxygens (including phenoxy) is 1. The van der Waals surface area contributed by atoms with Crippen LogP contribution >= 0.6 is 0 Å². The van der Waals surface area contributed by atoms with Gasteiger partial charge in [0.15, 0.2) is 5.84 Å². The van der Waals surface area contributed by atoms with E-state index in [1.165, 1.54) is 0 Å². The molecular formula is C17H23FN4O2. The van der Waals surface area contributed by atoms with E-state index in [0.717, 1.165) is 5.39 Å². The Hall–Kier alpha value is -2.25. The predicted molar refractivity (Wildman–Crippen MR) is 94.8 cm³/mol. The second-order valence-corrected chi connectivity index (χ2v) is 6.12. The van der Waals surface area contributed by atoms with Crippen molar-refractivity contribution < 1.29 is 14.3 Å². The summed E-state index contributed by atoms with van der Waals surface area (Å²) in [7, 11) is 0. The standard InChI is InChI=1S/C17H23FN4O2/c1-4-24-10-16(21-18)22(11-17(2,3)23)14-9-15(19)20-13-8-6-5-7-12(13)14/h5-9,23H,4,10-11H2,1-3H3,(H2,19,20)/b21-16-. The number of amidine groups is 1. The number of nitrogen functional groups attached to an aromatic ring is 1. The summed E-state index contributed by atoms with van der Waals surface area (Å²) in [5, 5.41) is 13.9. The van der Waals surface area contributed by atoms with Crippen LogP contribution in [-0.2, 0) is 4.74 Å². The molecule has 2 rings (SSSR count). The summed E-state index contributed by atoms with van der Waals surface area (Å²) in [6, 6.07) is 9.05.